The molecule has 0 radical (unpaired) electrons. The highest BCUT2D eigenvalue weighted by Gasteiger charge is 2.40. The third-order valence-electron chi connectivity index (χ3n) is 3.30. The topological polar surface area (TPSA) is 61.8 Å². The molecular formula is C14H18O5. The molecule has 0 spiro atoms. The molecule has 0 fully saturated rings. The van der Waals surface area contributed by atoms with Crippen LogP contribution in [0.3, 0.4) is 0 Å². The van der Waals surface area contributed by atoms with Crippen LogP contribution in [0.15, 0.2) is 23.5 Å². The molecule has 2 atom stereocenters. The van der Waals surface area contributed by atoms with Crippen LogP contribution in [-0.4, -0.2) is 25.3 Å². The van der Waals surface area contributed by atoms with Crippen LogP contribution in [0.2, 0.25) is 0 Å². The summed E-state index contributed by atoms with van der Waals surface area (Å²) in [6, 6.07) is 0. The number of hydrogen-bond donors (Lipinski definition) is 0. The second kappa shape index (κ2) is 5.57. The van der Waals surface area contributed by atoms with E-state index in [2.05, 4.69) is 13.5 Å². The van der Waals surface area contributed by atoms with Gasteiger partial charge in [-0.3, -0.25) is 0 Å². The zero-order valence-corrected chi connectivity index (χ0v) is 11.2. The highest BCUT2D eigenvalue weighted by Crippen LogP contribution is 2.41. The van der Waals surface area contributed by atoms with Gasteiger partial charge < -0.3 is 14.2 Å². The highest BCUT2D eigenvalue weighted by atomic mass is 16.7. The molecule has 0 saturated carbocycles. The van der Waals surface area contributed by atoms with Gasteiger partial charge in [-0.05, 0) is 25.7 Å². The fourth-order valence-electron chi connectivity index (χ4n) is 2.37. The molecule has 5 nitrogen and oxygen atoms in total. The van der Waals surface area contributed by atoms with E-state index in [1.54, 1.807) is 6.92 Å². The largest absolute Gasteiger partial charge is 0.435 e. The average molecular weight is 266 g/mol. The van der Waals surface area contributed by atoms with E-state index in [1.165, 1.54) is 0 Å². The standard InChI is InChI=1S/C14H18O5/c1-8(2)13(15)18-7-17-6-10-4-9(3)5-11-12(10)19-14(11)16/h9-10H,1,4-7H2,2-3H3. The molecular weight excluding hydrogens is 248 g/mol. The van der Waals surface area contributed by atoms with E-state index in [0.29, 0.717) is 18.1 Å². The van der Waals surface area contributed by atoms with E-state index in [4.69, 9.17) is 14.2 Å². The number of hydrogen-bond acceptors (Lipinski definition) is 5. The Morgan fingerprint density at radius 3 is 2.89 bits per heavy atom. The lowest BCUT2D eigenvalue weighted by Gasteiger charge is -2.35. The third kappa shape index (κ3) is 3.04. The number of rotatable bonds is 5. The maximum absolute atomic E-state index is 11.3. The monoisotopic (exact) mass is 266 g/mol. The molecule has 5 heteroatoms. The number of esters is 2. The van der Waals surface area contributed by atoms with Crippen molar-refractivity contribution in [2.75, 3.05) is 13.4 Å². The van der Waals surface area contributed by atoms with Crippen molar-refractivity contribution in [3.63, 3.8) is 0 Å². The Morgan fingerprint density at radius 2 is 2.26 bits per heavy atom. The van der Waals surface area contributed by atoms with Gasteiger partial charge in [-0.15, -0.1) is 0 Å². The summed E-state index contributed by atoms with van der Waals surface area (Å²) in [5.74, 6) is 0.611. The molecule has 2 rings (SSSR count). The maximum atomic E-state index is 11.3. The molecule has 0 aromatic carbocycles. The molecule has 1 aliphatic heterocycles. The van der Waals surface area contributed by atoms with Crippen LogP contribution in [0, 0.1) is 11.8 Å². The summed E-state index contributed by atoms with van der Waals surface area (Å²) in [6.45, 7) is 7.44. The van der Waals surface area contributed by atoms with Gasteiger partial charge in [-0.2, -0.15) is 0 Å². The van der Waals surface area contributed by atoms with Gasteiger partial charge in [0.1, 0.15) is 5.76 Å². The van der Waals surface area contributed by atoms with E-state index in [1.807, 2.05) is 0 Å². The Morgan fingerprint density at radius 1 is 1.53 bits per heavy atom. The Labute approximate surface area is 112 Å². The van der Waals surface area contributed by atoms with Crippen molar-refractivity contribution >= 4 is 11.9 Å². The van der Waals surface area contributed by atoms with Crippen molar-refractivity contribution < 1.29 is 23.8 Å². The summed E-state index contributed by atoms with van der Waals surface area (Å²) in [4.78, 5) is 22.4. The summed E-state index contributed by atoms with van der Waals surface area (Å²) in [5.41, 5.74) is 1.14. The van der Waals surface area contributed by atoms with Crippen LogP contribution in [0.4, 0.5) is 0 Å². The van der Waals surface area contributed by atoms with Crippen molar-refractivity contribution in [2.24, 2.45) is 11.8 Å². The van der Waals surface area contributed by atoms with Crippen molar-refractivity contribution in [3.05, 3.63) is 23.5 Å². The predicted octanol–water partition coefficient (Wildman–Crippen LogP) is 1.94. The van der Waals surface area contributed by atoms with Gasteiger partial charge in [0.15, 0.2) is 6.79 Å². The summed E-state index contributed by atoms with van der Waals surface area (Å²) >= 11 is 0. The summed E-state index contributed by atoms with van der Waals surface area (Å²) in [6.07, 6.45) is 1.70. The molecule has 0 N–H and O–H groups in total. The SMILES string of the molecule is C=C(C)C(=O)OCOCC1CC(C)CC2=C1OC2=O. The first-order valence-corrected chi connectivity index (χ1v) is 6.34. The summed E-state index contributed by atoms with van der Waals surface area (Å²) in [5, 5.41) is 0. The van der Waals surface area contributed by atoms with Crippen molar-refractivity contribution in [2.45, 2.75) is 26.7 Å². The highest BCUT2D eigenvalue weighted by molar-refractivity contribution is 5.95. The second-order valence-electron chi connectivity index (χ2n) is 5.18. The molecule has 0 bridgehead atoms. The zero-order valence-electron chi connectivity index (χ0n) is 11.2. The van der Waals surface area contributed by atoms with Crippen molar-refractivity contribution in [3.8, 4) is 0 Å². The summed E-state index contributed by atoms with van der Waals surface area (Å²) in [7, 11) is 0. The van der Waals surface area contributed by atoms with Crippen LogP contribution >= 0.6 is 0 Å². The lowest BCUT2D eigenvalue weighted by molar-refractivity contribution is -0.153. The molecule has 0 aromatic rings. The Balaban J connectivity index is 1.79. The average Bonchev–Trinajstić information content (AvgIpc) is 2.35. The van der Waals surface area contributed by atoms with Crippen LogP contribution < -0.4 is 0 Å². The van der Waals surface area contributed by atoms with Gasteiger partial charge in [0, 0.05) is 11.5 Å². The van der Waals surface area contributed by atoms with Gasteiger partial charge in [-0.1, -0.05) is 13.5 Å². The summed E-state index contributed by atoms with van der Waals surface area (Å²) < 4.78 is 15.2. The van der Waals surface area contributed by atoms with Gasteiger partial charge in [0.25, 0.3) is 0 Å². The minimum Gasteiger partial charge on any atom is -0.435 e. The minimum absolute atomic E-state index is 0.0833. The first-order valence-electron chi connectivity index (χ1n) is 6.34. The lowest BCUT2D eigenvalue weighted by atomic mass is 9.80. The van der Waals surface area contributed by atoms with Crippen molar-refractivity contribution in [1.82, 2.24) is 0 Å². The number of ether oxygens (including phenoxy) is 3. The molecule has 0 aromatic heterocycles. The van der Waals surface area contributed by atoms with E-state index >= 15 is 0 Å². The van der Waals surface area contributed by atoms with E-state index in [-0.39, 0.29) is 18.7 Å². The van der Waals surface area contributed by atoms with Gasteiger partial charge in [-0.25, -0.2) is 9.59 Å². The predicted molar refractivity (Wildman–Crippen MR) is 66.7 cm³/mol. The molecule has 104 valence electrons. The van der Waals surface area contributed by atoms with Crippen LogP contribution in [0.25, 0.3) is 0 Å². The Bertz CT molecular complexity index is 449. The first kappa shape index (κ1) is 13.8. The van der Waals surface area contributed by atoms with Crippen LogP contribution in [0.5, 0.6) is 0 Å². The Hall–Kier alpha value is -1.62. The fraction of sp³-hybridized carbons (Fsp3) is 0.571. The molecule has 2 aliphatic rings. The molecule has 0 saturated heterocycles. The molecule has 0 amide bonds. The van der Waals surface area contributed by atoms with Gasteiger partial charge in [0.05, 0.1) is 12.2 Å². The zero-order chi connectivity index (χ0) is 14.0. The van der Waals surface area contributed by atoms with Crippen LogP contribution in [0.1, 0.15) is 26.7 Å². The molecule has 2 unspecified atom stereocenters. The fourth-order valence-corrected chi connectivity index (χ4v) is 2.37. The van der Waals surface area contributed by atoms with E-state index in [0.717, 1.165) is 24.2 Å². The molecule has 19 heavy (non-hydrogen) atoms. The smallest absolute Gasteiger partial charge is 0.342 e. The first-order chi connectivity index (χ1) is 8.99. The molecule has 1 aliphatic carbocycles. The number of carbonyl (C=O) groups excluding carboxylic acids is 2. The van der Waals surface area contributed by atoms with Gasteiger partial charge in [0.2, 0.25) is 0 Å². The van der Waals surface area contributed by atoms with Crippen LogP contribution in [-0.2, 0) is 23.8 Å². The lowest BCUT2D eigenvalue weighted by Crippen LogP contribution is -2.35. The van der Waals surface area contributed by atoms with E-state index in [9.17, 15) is 9.59 Å². The van der Waals surface area contributed by atoms with E-state index < -0.39 is 5.97 Å². The quantitative estimate of drug-likeness (QED) is 0.329. The second-order valence-corrected chi connectivity index (χ2v) is 5.18. The van der Waals surface area contributed by atoms with Crippen molar-refractivity contribution in [1.29, 1.82) is 0 Å². The van der Waals surface area contributed by atoms with Gasteiger partial charge >= 0.3 is 11.9 Å². The molecule has 1 heterocycles. The normalized spacial score (nSPS) is 25.3. The minimum atomic E-state index is -0.466. The maximum Gasteiger partial charge on any atom is 0.342 e. The number of carbonyl (C=O) groups is 2. The Kier molecular flexibility index (Phi) is 4.04. The third-order valence-corrected chi connectivity index (χ3v) is 3.30.